The number of nitrogens with one attached hydrogen (secondary N) is 2. The van der Waals surface area contributed by atoms with Crippen molar-refractivity contribution in [2.24, 2.45) is 5.92 Å². The summed E-state index contributed by atoms with van der Waals surface area (Å²) in [5.74, 6) is -3.59. The number of carboxylic acid groups (broad SMARTS) is 3. The van der Waals surface area contributed by atoms with Crippen LogP contribution < -0.4 is 10.6 Å². The summed E-state index contributed by atoms with van der Waals surface area (Å²) in [6.45, 7) is 4.66. The standard InChI is InChI=1S/C22H39N5O8/c1-16(2)21(33)24-9-5-3-4-8-23-18(28)7-6-17(22(34)35)27-11-10-25(12-19(29)30)14-26(15-27)13-20(31)32/h16-17H,3-15H2,1-2H3,(H,23,28)(H,24,33)(H,29,30)(H,31,32)(H,34,35). The van der Waals surface area contributed by atoms with Crippen molar-refractivity contribution < 1.29 is 39.3 Å². The lowest BCUT2D eigenvalue weighted by Crippen LogP contribution is -2.48. The number of unbranched alkanes of at least 4 members (excludes halogenated alkanes) is 2. The van der Waals surface area contributed by atoms with Crippen LogP contribution in [0.15, 0.2) is 0 Å². The van der Waals surface area contributed by atoms with E-state index < -0.39 is 23.9 Å². The zero-order valence-corrected chi connectivity index (χ0v) is 20.6. The first-order valence-corrected chi connectivity index (χ1v) is 11.9. The summed E-state index contributed by atoms with van der Waals surface area (Å²) in [5, 5.41) is 33.6. The minimum Gasteiger partial charge on any atom is -0.480 e. The van der Waals surface area contributed by atoms with Crippen LogP contribution in [0.1, 0.15) is 46.0 Å². The van der Waals surface area contributed by atoms with E-state index in [4.69, 9.17) is 10.2 Å². The predicted octanol–water partition coefficient (Wildman–Crippen LogP) is -0.718. The Morgan fingerprint density at radius 3 is 1.97 bits per heavy atom. The zero-order chi connectivity index (χ0) is 26.4. The van der Waals surface area contributed by atoms with E-state index in [1.807, 2.05) is 13.8 Å². The fourth-order valence-electron chi connectivity index (χ4n) is 3.75. The normalized spacial score (nSPS) is 16.4. The van der Waals surface area contributed by atoms with E-state index in [0.29, 0.717) is 13.1 Å². The molecule has 1 fully saturated rings. The lowest BCUT2D eigenvalue weighted by molar-refractivity contribution is -0.145. The topological polar surface area (TPSA) is 180 Å². The summed E-state index contributed by atoms with van der Waals surface area (Å²) in [6, 6.07) is -1.01. The molecule has 0 aromatic carbocycles. The smallest absolute Gasteiger partial charge is 0.320 e. The van der Waals surface area contributed by atoms with Gasteiger partial charge in [-0.15, -0.1) is 0 Å². The molecule has 1 saturated heterocycles. The van der Waals surface area contributed by atoms with Gasteiger partial charge in [-0.3, -0.25) is 38.7 Å². The van der Waals surface area contributed by atoms with Crippen molar-refractivity contribution in [2.45, 2.75) is 52.0 Å². The van der Waals surface area contributed by atoms with Gasteiger partial charge in [0.2, 0.25) is 11.8 Å². The molecule has 1 unspecified atom stereocenters. The van der Waals surface area contributed by atoms with E-state index in [1.54, 1.807) is 9.80 Å². The number of carboxylic acids is 3. The summed E-state index contributed by atoms with van der Waals surface area (Å²) in [4.78, 5) is 62.5. The molecule has 0 spiro atoms. The molecule has 5 N–H and O–H groups in total. The Morgan fingerprint density at radius 1 is 0.800 bits per heavy atom. The summed E-state index contributed by atoms with van der Waals surface area (Å²) in [5.41, 5.74) is 0. The van der Waals surface area contributed by atoms with Crippen molar-refractivity contribution in [3.8, 4) is 0 Å². The molecule has 0 aliphatic carbocycles. The Balaban J connectivity index is 2.48. The lowest BCUT2D eigenvalue weighted by atomic mass is 10.1. The Morgan fingerprint density at radius 2 is 1.40 bits per heavy atom. The van der Waals surface area contributed by atoms with Gasteiger partial charge in [0.1, 0.15) is 6.04 Å². The molecule has 200 valence electrons. The predicted molar refractivity (Wildman–Crippen MR) is 125 cm³/mol. The molecular formula is C22H39N5O8. The number of hydrogen-bond acceptors (Lipinski definition) is 8. The van der Waals surface area contributed by atoms with Gasteiger partial charge in [0.15, 0.2) is 0 Å². The first-order valence-electron chi connectivity index (χ1n) is 11.9. The molecular weight excluding hydrogens is 462 g/mol. The molecule has 0 saturated carbocycles. The molecule has 1 aliphatic rings. The lowest BCUT2D eigenvalue weighted by Gasteiger charge is -2.30. The molecule has 0 aromatic rings. The second-order valence-corrected chi connectivity index (χ2v) is 9.01. The number of nitrogens with zero attached hydrogens (tertiary/aromatic N) is 3. The number of aliphatic carboxylic acids is 3. The number of carbonyl (C=O) groups is 5. The van der Waals surface area contributed by atoms with Crippen LogP contribution in [-0.4, -0.2) is 118 Å². The van der Waals surface area contributed by atoms with Crippen molar-refractivity contribution in [3.05, 3.63) is 0 Å². The van der Waals surface area contributed by atoms with Crippen LogP contribution >= 0.6 is 0 Å². The highest BCUT2D eigenvalue weighted by atomic mass is 16.4. The van der Waals surface area contributed by atoms with Crippen LogP contribution in [0.5, 0.6) is 0 Å². The Labute approximate surface area is 205 Å². The minimum atomic E-state index is -1.12. The largest absolute Gasteiger partial charge is 0.480 e. The van der Waals surface area contributed by atoms with Gasteiger partial charge in [0.05, 0.1) is 26.4 Å². The fraction of sp³-hybridized carbons (Fsp3) is 0.773. The third kappa shape index (κ3) is 13.0. The monoisotopic (exact) mass is 501 g/mol. The Bertz CT molecular complexity index is 733. The van der Waals surface area contributed by atoms with Gasteiger partial charge in [-0.25, -0.2) is 0 Å². The summed E-state index contributed by atoms with van der Waals surface area (Å²) >= 11 is 0. The highest BCUT2D eigenvalue weighted by Crippen LogP contribution is 2.13. The Kier molecular flexibility index (Phi) is 13.8. The second kappa shape index (κ2) is 16.0. The molecule has 35 heavy (non-hydrogen) atoms. The van der Waals surface area contributed by atoms with Crippen LogP contribution in [0, 0.1) is 5.92 Å². The van der Waals surface area contributed by atoms with Crippen LogP contribution in [0.25, 0.3) is 0 Å². The van der Waals surface area contributed by atoms with E-state index in [-0.39, 0.29) is 70.1 Å². The van der Waals surface area contributed by atoms with Gasteiger partial charge in [0, 0.05) is 38.5 Å². The van der Waals surface area contributed by atoms with Gasteiger partial charge in [-0.2, -0.15) is 0 Å². The molecule has 0 aromatic heterocycles. The molecule has 1 aliphatic heterocycles. The van der Waals surface area contributed by atoms with Crippen LogP contribution in [0.4, 0.5) is 0 Å². The third-order valence-electron chi connectivity index (χ3n) is 5.57. The number of carbonyl (C=O) groups excluding carboxylic acids is 2. The minimum absolute atomic E-state index is 0.00428. The van der Waals surface area contributed by atoms with E-state index in [2.05, 4.69) is 10.6 Å². The maximum absolute atomic E-state index is 12.2. The van der Waals surface area contributed by atoms with Crippen molar-refractivity contribution in [1.82, 2.24) is 25.3 Å². The fourth-order valence-corrected chi connectivity index (χ4v) is 3.75. The number of amides is 2. The summed E-state index contributed by atoms with van der Waals surface area (Å²) in [7, 11) is 0. The molecule has 0 bridgehead atoms. The van der Waals surface area contributed by atoms with Gasteiger partial charge < -0.3 is 26.0 Å². The van der Waals surface area contributed by atoms with Crippen molar-refractivity contribution >= 4 is 29.7 Å². The molecule has 2 amide bonds. The second-order valence-electron chi connectivity index (χ2n) is 9.01. The average molecular weight is 502 g/mol. The van der Waals surface area contributed by atoms with E-state index in [0.717, 1.165) is 19.3 Å². The number of hydrogen-bond donors (Lipinski definition) is 5. The SMILES string of the molecule is CC(C)C(=O)NCCCCCNC(=O)CCC(C(=O)O)N1CCN(CC(=O)O)CN(CC(=O)O)C1. The van der Waals surface area contributed by atoms with Gasteiger partial charge in [0.25, 0.3) is 0 Å². The highest BCUT2D eigenvalue weighted by Gasteiger charge is 2.31. The van der Waals surface area contributed by atoms with Crippen LogP contribution in [-0.2, 0) is 24.0 Å². The highest BCUT2D eigenvalue weighted by molar-refractivity contribution is 5.78. The maximum atomic E-state index is 12.2. The van der Waals surface area contributed by atoms with E-state index in [9.17, 15) is 29.1 Å². The molecule has 1 rings (SSSR count). The van der Waals surface area contributed by atoms with Gasteiger partial charge >= 0.3 is 17.9 Å². The molecule has 13 nitrogen and oxygen atoms in total. The van der Waals surface area contributed by atoms with Gasteiger partial charge in [-0.05, 0) is 25.7 Å². The molecule has 0 radical (unpaired) electrons. The van der Waals surface area contributed by atoms with Crippen molar-refractivity contribution in [2.75, 3.05) is 52.6 Å². The maximum Gasteiger partial charge on any atom is 0.320 e. The molecule has 1 atom stereocenters. The van der Waals surface area contributed by atoms with Crippen LogP contribution in [0.3, 0.4) is 0 Å². The van der Waals surface area contributed by atoms with E-state index >= 15 is 0 Å². The van der Waals surface area contributed by atoms with Crippen molar-refractivity contribution in [1.29, 1.82) is 0 Å². The Hall–Kier alpha value is -2.77. The molecule has 1 heterocycles. The third-order valence-corrected chi connectivity index (χ3v) is 5.57. The summed E-state index contributed by atoms with van der Waals surface area (Å²) < 4.78 is 0. The quantitative estimate of drug-likeness (QED) is 0.168. The summed E-state index contributed by atoms with van der Waals surface area (Å²) in [6.07, 6.45) is 2.41. The number of rotatable bonds is 16. The van der Waals surface area contributed by atoms with Crippen molar-refractivity contribution in [3.63, 3.8) is 0 Å². The van der Waals surface area contributed by atoms with Crippen LogP contribution in [0.2, 0.25) is 0 Å². The van der Waals surface area contributed by atoms with E-state index in [1.165, 1.54) is 4.90 Å². The average Bonchev–Trinajstić information content (AvgIpc) is 2.93. The molecule has 13 heteroatoms. The first-order chi connectivity index (χ1) is 16.5. The van der Waals surface area contributed by atoms with Gasteiger partial charge in [-0.1, -0.05) is 13.8 Å². The first kappa shape index (κ1) is 30.3. The zero-order valence-electron chi connectivity index (χ0n) is 20.6.